The monoisotopic (exact) mass is 205 g/mol. The first-order valence-electron chi connectivity index (χ1n) is 4.84. The lowest BCUT2D eigenvalue weighted by Crippen LogP contribution is -2.33. The van der Waals surface area contributed by atoms with Gasteiger partial charge in [0.2, 0.25) is 5.95 Å². The highest BCUT2D eigenvalue weighted by atomic mass is 16.4. The van der Waals surface area contributed by atoms with Gasteiger partial charge in [0.05, 0.1) is 0 Å². The van der Waals surface area contributed by atoms with E-state index >= 15 is 0 Å². The Labute approximate surface area is 88.2 Å². The van der Waals surface area contributed by atoms with E-state index in [1.165, 1.54) is 0 Å². The number of nitrogens with zero attached hydrogens (tertiary/aromatic N) is 3. The molecule has 1 aromatic rings. The average molecular weight is 205 g/mol. The van der Waals surface area contributed by atoms with E-state index in [9.17, 15) is 0 Å². The lowest BCUT2D eigenvalue weighted by atomic mass is 9.76. The SMILES string of the molecule is OB(O)C1=CCN(c2ncccn2)CC1. The van der Waals surface area contributed by atoms with Crippen LogP contribution in [0.2, 0.25) is 0 Å². The molecule has 0 saturated heterocycles. The van der Waals surface area contributed by atoms with Gasteiger partial charge < -0.3 is 14.9 Å². The molecule has 0 atom stereocenters. The van der Waals surface area contributed by atoms with Crippen molar-refractivity contribution in [3.8, 4) is 0 Å². The molecule has 2 heterocycles. The lowest BCUT2D eigenvalue weighted by molar-refractivity contribution is 0.415. The second-order valence-corrected chi connectivity index (χ2v) is 3.40. The summed E-state index contributed by atoms with van der Waals surface area (Å²) in [4.78, 5) is 10.3. The maximum atomic E-state index is 8.97. The van der Waals surface area contributed by atoms with E-state index in [0.717, 1.165) is 0 Å². The second kappa shape index (κ2) is 4.42. The molecule has 0 saturated carbocycles. The summed E-state index contributed by atoms with van der Waals surface area (Å²) < 4.78 is 0. The van der Waals surface area contributed by atoms with Crippen LogP contribution in [-0.4, -0.2) is 40.2 Å². The minimum atomic E-state index is -1.33. The van der Waals surface area contributed by atoms with Crippen LogP contribution in [0.1, 0.15) is 6.42 Å². The van der Waals surface area contributed by atoms with Crippen LogP contribution in [0.4, 0.5) is 5.95 Å². The number of hydrogen-bond donors (Lipinski definition) is 2. The third-order valence-corrected chi connectivity index (χ3v) is 2.41. The fourth-order valence-electron chi connectivity index (χ4n) is 1.56. The Kier molecular flexibility index (Phi) is 2.98. The smallest absolute Gasteiger partial charge is 0.423 e. The van der Waals surface area contributed by atoms with Gasteiger partial charge in [-0.25, -0.2) is 9.97 Å². The number of hydrogen-bond acceptors (Lipinski definition) is 5. The molecule has 15 heavy (non-hydrogen) atoms. The van der Waals surface area contributed by atoms with Crippen molar-refractivity contribution in [1.29, 1.82) is 0 Å². The van der Waals surface area contributed by atoms with Gasteiger partial charge in [-0.2, -0.15) is 0 Å². The van der Waals surface area contributed by atoms with Gasteiger partial charge >= 0.3 is 7.12 Å². The first-order valence-corrected chi connectivity index (χ1v) is 4.84. The quantitative estimate of drug-likeness (QED) is 0.644. The Hall–Kier alpha value is -1.40. The summed E-state index contributed by atoms with van der Waals surface area (Å²) in [6.07, 6.45) is 5.84. The first kappa shape index (κ1) is 10.1. The Morgan fingerprint density at radius 2 is 2.00 bits per heavy atom. The average Bonchev–Trinajstić information content (AvgIpc) is 2.30. The second-order valence-electron chi connectivity index (χ2n) is 3.40. The normalized spacial score (nSPS) is 16.1. The number of anilines is 1. The summed E-state index contributed by atoms with van der Waals surface area (Å²) in [6.45, 7) is 1.34. The summed E-state index contributed by atoms with van der Waals surface area (Å²) in [7, 11) is -1.33. The summed E-state index contributed by atoms with van der Waals surface area (Å²) in [5.74, 6) is 0.681. The zero-order valence-electron chi connectivity index (χ0n) is 8.24. The Morgan fingerprint density at radius 1 is 1.27 bits per heavy atom. The van der Waals surface area contributed by atoms with Crippen molar-refractivity contribution < 1.29 is 10.0 Å². The zero-order chi connectivity index (χ0) is 10.7. The molecule has 0 spiro atoms. The van der Waals surface area contributed by atoms with Crippen LogP contribution in [0.15, 0.2) is 30.0 Å². The van der Waals surface area contributed by atoms with Crippen molar-refractivity contribution in [3.05, 3.63) is 30.0 Å². The summed E-state index contributed by atoms with van der Waals surface area (Å²) >= 11 is 0. The van der Waals surface area contributed by atoms with Crippen LogP contribution in [-0.2, 0) is 0 Å². The van der Waals surface area contributed by atoms with E-state index < -0.39 is 7.12 Å². The summed E-state index contributed by atoms with van der Waals surface area (Å²) in [5.41, 5.74) is 0.669. The van der Waals surface area contributed by atoms with Crippen LogP contribution in [0.5, 0.6) is 0 Å². The van der Waals surface area contributed by atoms with Gasteiger partial charge in [-0.15, -0.1) is 0 Å². The molecule has 0 radical (unpaired) electrons. The zero-order valence-corrected chi connectivity index (χ0v) is 8.24. The van der Waals surface area contributed by atoms with Crippen molar-refractivity contribution in [3.63, 3.8) is 0 Å². The van der Waals surface area contributed by atoms with Gasteiger partial charge in [0, 0.05) is 25.5 Å². The van der Waals surface area contributed by atoms with Gasteiger partial charge in [-0.05, 0) is 18.0 Å². The molecule has 1 aliphatic rings. The largest absolute Gasteiger partial charge is 0.483 e. The molecule has 0 fully saturated rings. The highest BCUT2D eigenvalue weighted by Gasteiger charge is 2.20. The molecule has 0 aliphatic carbocycles. The molecule has 0 unspecified atom stereocenters. The summed E-state index contributed by atoms with van der Waals surface area (Å²) in [5, 5.41) is 17.9. The van der Waals surface area contributed by atoms with Crippen LogP contribution >= 0.6 is 0 Å². The van der Waals surface area contributed by atoms with Crippen molar-refractivity contribution in [1.82, 2.24) is 9.97 Å². The maximum absolute atomic E-state index is 8.97. The third-order valence-electron chi connectivity index (χ3n) is 2.41. The molecule has 78 valence electrons. The minimum Gasteiger partial charge on any atom is -0.423 e. The molecular weight excluding hydrogens is 193 g/mol. The minimum absolute atomic E-state index is 0.622. The van der Waals surface area contributed by atoms with E-state index in [4.69, 9.17) is 10.0 Å². The standard InChI is InChI=1S/C9H12BN3O2/c14-10(15)8-2-6-13(7-3-8)9-11-4-1-5-12-9/h1-2,4-5,14-15H,3,6-7H2. The maximum Gasteiger partial charge on any atom is 0.483 e. The first-order chi connectivity index (χ1) is 7.27. The number of rotatable bonds is 2. The van der Waals surface area contributed by atoms with Gasteiger partial charge in [-0.1, -0.05) is 6.08 Å². The molecular formula is C9H12BN3O2. The fraction of sp³-hybridized carbons (Fsp3) is 0.333. The third kappa shape index (κ3) is 2.34. The van der Waals surface area contributed by atoms with Gasteiger partial charge in [-0.3, -0.25) is 0 Å². The van der Waals surface area contributed by atoms with E-state index in [1.807, 2.05) is 11.0 Å². The molecule has 0 aromatic carbocycles. The van der Waals surface area contributed by atoms with Gasteiger partial charge in [0.25, 0.3) is 0 Å². The van der Waals surface area contributed by atoms with Crippen molar-refractivity contribution >= 4 is 13.1 Å². The predicted octanol–water partition coefficient (Wildman–Crippen LogP) is -0.375. The molecule has 5 nitrogen and oxygen atoms in total. The van der Waals surface area contributed by atoms with Crippen LogP contribution in [0, 0.1) is 0 Å². The Bertz CT molecular complexity index is 356. The molecule has 1 aliphatic heterocycles. The van der Waals surface area contributed by atoms with Crippen LogP contribution in [0.3, 0.4) is 0 Å². The van der Waals surface area contributed by atoms with E-state index in [-0.39, 0.29) is 0 Å². The van der Waals surface area contributed by atoms with Crippen molar-refractivity contribution in [2.45, 2.75) is 6.42 Å². The molecule has 0 amide bonds. The van der Waals surface area contributed by atoms with E-state index in [1.54, 1.807) is 18.5 Å². The summed E-state index contributed by atoms with van der Waals surface area (Å²) in [6, 6.07) is 1.77. The molecule has 0 bridgehead atoms. The molecule has 1 aromatic heterocycles. The Morgan fingerprint density at radius 3 is 2.53 bits per heavy atom. The number of aromatic nitrogens is 2. The molecule has 6 heteroatoms. The highest BCUT2D eigenvalue weighted by Crippen LogP contribution is 2.15. The highest BCUT2D eigenvalue weighted by molar-refractivity contribution is 6.50. The van der Waals surface area contributed by atoms with Crippen molar-refractivity contribution in [2.75, 3.05) is 18.0 Å². The van der Waals surface area contributed by atoms with Gasteiger partial charge in [0.1, 0.15) is 0 Å². The van der Waals surface area contributed by atoms with Gasteiger partial charge in [0.15, 0.2) is 0 Å². The van der Waals surface area contributed by atoms with E-state index in [0.29, 0.717) is 30.9 Å². The van der Waals surface area contributed by atoms with E-state index in [2.05, 4.69) is 9.97 Å². The fourth-order valence-corrected chi connectivity index (χ4v) is 1.56. The predicted molar refractivity (Wildman–Crippen MR) is 57.1 cm³/mol. The molecule has 2 rings (SSSR count). The van der Waals surface area contributed by atoms with Crippen LogP contribution in [0.25, 0.3) is 0 Å². The Balaban J connectivity index is 2.06. The molecule has 2 N–H and O–H groups in total. The topological polar surface area (TPSA) is 69.5 Å². The lowest BCUT2D eigenvalue weighted by Gasteiger charge is -2.25. The van der Waals surface area contributed by atoms with Crippen LogP contribution < -0.4 is 4.90 Å². The van der Waals surface area contributed by atoms with Crippen molar-refractivity contribution in [2.24, 2.45) is 0 Å².